The lowest BCUT2D eigenvalue weighted by atomic mass is 9.91. The number of halogens is 1. The zero-order valence-electron chi connectivity index (χ0n) is 13.8. The summed E-state index contributed by atoms with van der Waals surface area (Å²) in [6.45, 7) is 0. The van der Waals surface area contributed by atoms with Gasteiger partial charge in [-0.15, -0.1) is 11.6 Å². The van der Waals surface area contributed by atoms with Gasteiger partial charge in [-0.2, -0.15) is 0 Å². The number of anilines is 1. The van der Waals surface area contributed by atoms with Crippen molar-refractivity contribution in [2.75, 3.05) is 4.90 Å². The topological polar surface area (TPSA) is 15.6 Å². The van der Waals surface area contributed by atoms with Gasteiger partial charge in [0.05, 0.1) is 11.7 Å². The van der Waals surface area contributed by atoms with Gasteiger partial charge in [-0.05, 0) is 35.4 Å². The Hall–Kier alpha value is -2.58. The molecule has 3 heteroatoms. The minimum Gasteiger partial charge on any atom is -0.322 e. The molecule has 1 saturated heterocycles. The monoisotopic (exact) mass is 346 g/mol. The molecule has 2 nitrogen and oxygen atoms in total. The number of rotatable bonds is 4. The Morgan fingerprint density at radius 2 is 1.48 bits per heavy atom. The number of hydrogen-bond donors (Lipinski definition) is 0. The summed E-state index contributed by atoms with van der Waals surface area (Å²) in [5.74, 6) is 1.65. The van der Waals surface area contributed by atoms with Gasteiger partial charge < -0.3 is 4.90 Å². The van der Waals surface area contributed by atoms with E-state index in [0.29, 0.717) is 11.9 Å². The summed E-state index contributed by atoms with van der Waals surface area (Å²) >= 11 is 5.92. The molecular formula is C22H19ClN2. The van der Waals surface area contributed by atoms with Crippen molar-refractivity contribution in [3.63, 3.8) is 0 Å². The van der Waals surface area contributed by atoms with Gasteiger partial charge >= 0.3 is 0 Å². The highest BCUT2D eigenvalue weighted by atomic mass is 35.5. The van der Waals surface area contributed by atoms with E-state index in [1.54, 1.807) is 0 Å². The van der Waals surface area contributed by atoms with Gasteiger partial charge in [-0.1, -0.05) is 60.7 Å². The van der Waals surface area contributed by atoms with Gasteiger partial charge in [0.1, 0.15) is 5.84 Å². The van der Waals surface area contributed by atoms with Crippen LogP contribution in [-0.4, -0.2) is 5.84 Å². The van der Waals surface area contributed by atoms with Gasteiger partial charge in [0, 0.05) is 18.0 Å². The standard InChI is InChI=1S/C22H19ClN2/c23-16-17-11-13-18(14-12-17)21-15-22(24-19-7-3-1-4-8-19)25(21)20-9-5-2-6-10-20/h1-14,21H,15-16H2. The molecule has 25 heavy (non-hydrogen) atoms. The van der Waals surface area contributed by atoms with Crippen LogP contribution < -0.4 is 4.90 Å². The number of para-hydroxylation sites is 2. The Bertz CT molecular complexity index is 858. The predicted octanol–water partition coefficient (Wildman–Crippen LogP) is 6.11. The van der Waals surface area contributed by atoms with E-state index >= 15 is 0 Å². The molecule has 0 aromatic heterocycles. The first-order valence-corrected chi connectivity index (χ1v) is 9.00. The number of aliphatic imine (C=N–C) groups is 1. The molecule has 1 aliphatic heterocycles. The molecule has 1 unspecified atom stereocenters. The molecule has 0 N–H and O–H groups in total. The molecule has 1 fully saturated rings. The van der Waals surface area contributed by atoms with E-state index in [2.05, 4.69) is 53.4 Å². The van der Waals surface area contributed by atoms with E-state index in [4.69, 9.17) is 16.6 Å². The average Bonchev–Trinajstić information content (AvgIpc) is 2.67. The summed E-state index contributed by atoms with van der Waals surface area (Å²) in [6, 6.07) is 29.5. The molecule has 0 spiro atoms. The summed E-state index contributed by atoms with van der Waals surface area (Å²) in [5.41, 5.74) is 4.61. The van der Waals surface area contributed by atoms with Crippen molar-refractivity contribution in [3.8, 4) is 0 Å². The van der Waals surface area contributed by atoms with Crippen molar-refractivity contribution in [1.29, 1.82) is 0 Å². The Labute approximate surface area is 153 Å². The zero-order chi connectivity index (χ0) is 17.1. The second kappa shape index (κ2) is 7.12. The maximum atomic E-state index is 5.92. The minimum atomic E-state index is 0.314. The lowest BCUT2D eigenvalue weighted by molar-refractivity contribution is 0.652. The fraction of sp³-hybridized carbons (Fsp3) is 0.136. The molecular weight excluding hydrogens is 328 g/mol. The van der Waals surface area contributed by atoms with E-state index < -0.39 is 0 Å². The van der Waals surface area contributed by atoms with Crippen LogP contribution in [0.3, 0.4) is 0 Å². The van der Waals surface area contributed by atoms with Crippen LogP contribution in [0.25, 0.3) is 0 Å². The van der Waals surface area contributed by atoms with Gasteiger partial charge in [-0.3, -0.25) is 0 Å². The fourth-order valence-electron chi connectivity index (χ4n) is 3.19. The van der Waals surface area contributed by atoms with Crippen molar-refractivity contribution in [2.45, 2.75) is 18.3 Å². The molecule has 0 amide bonds. The zero-order valence-corrected chi connectivity index (χ0v) is 14.6. The van der Waals surface area contributed by atoms with Crippen molar-refractivity contribution < 1.29 is 0 Å². The SMILES string of the molecule is ClCc1ccc(C2CC(=Nc3ccccc3)N2c2ccccc2)cc1. The van der Waals surface area contributed by atoms with Gasteiger partial charge in [0.25, 0.3) is 0 Å². The normalized spacial score (nSPS) is 18.2. The second-order valence-corrected chi connectivity index (χ2v) is 6.43. The molecule has 1 heterocycles. The fourth-order valence-corrected chi connectivity index (χ4v) is 3.37. The van der Waals surface area contributed by atoms with Gasteiger partial charge in [0.2, 0.25) is 0 Å². The lowest BCUT2D eigenvalue weighted by Crippen LogP contribution is -2.46. The molecule has 0 saturated carbocycles. The van der Waals surface area contributed by atoms with Gasteiger partial charge in [-0.25, -0.2) is 4.99 Å². The summed E-state index contributed by atoms with van der Waals surface area (Å²) < 4.78 is 0. The van der Waals surface area contributed by atoms with Crippen LogP contribution in [0.4, 0.5) is 11.4 Å². The summed E-state index contributed by atoms with van der Waals surface area (Å²) in [6.07, 6.45) is 0.935. The maximum absolute atomic E-state index is 5.92. The molecule has 3 aromatic carbocycles. The third-order valence-corrected chi connectivity index (χ3v) is 4.84. The first kappa shape index (κ1) is 15.9. The first-order valence-electron chi connectivity index (χ1n) is 8.47. The van der Waals surface area contributed by atoms with Crippen LogP contribution >= 0.6 is 11.6 Å². The van der Waals surface area contributed by atoms with Crippen LogP contribution in [0, 0.1) is 0 Å². The Morgan fingerprint density at radius 1 is 0.840 bits per heavy atom. The predicted molar refractivity (Wildman–Crippen MR) is 106 cm³/mol. The molecule has 3 aromatic rings. The molecule has 0 bridgehead atoms. The number of amidine groups is 1. The Balaban J connectivity index is 1.67. The highest BCUT2D eigenvalue weighted by Crippen LogP contribution is 2.40. The Morgan fingerprint density at radius 3 is 2.12 bits per heavy atom. The van der Waals surface area contributed by atoms with Crippen molar-refractivity contribution in [3.05, 3.63) is 96.1 Å². The largest absolute Gasteiger partial charge is 0.322 e. The van der Waals surface area contributed by atoms with E-state index in [1.807, 2.05) is 36.4 Å². The van der Waals surface area contributed by atoms with Crippen LogP contribution in [0.15, 0.2) is 89.9 Å². The lowest BCUT2D eigenvalue weighted by Gasteiger charge is -2.44. The second-order valence-electron chi connectivity index (χ2n) is 6.16. The molecule has 1 atom stereocenters. The highest BCUT2D eigenvalue weighted by Gasteiger charge is 2.36. The smallest absolute Gasteiger partial charge is 0.112 e. The third-order valence-electron chi connectivity index (χ3n) is 4.53. The Kier molecular flexibility index (Phi) is 4.53. The van der Waals surface area contributed by atoms with E-state index in [-0.39, 0.29) is 0 Å². The van der Waals surface area contributed by atoms with Crippen LogP contribution in [0.1, 0.15) is 23.6 Å². The number of hydrogen-bond acceptors (Lipinski definition) is 1. The van der Waals surface area contributed by atoms with Crippen LogP contribution in [0.5, 0.6) is 0 Å². The maximum Gasteiger partial charge on any atom is 0.112 e. The molecule has 0 radical (unpaired) electrons. The number of nitrogens with zero attached hydrogens (tertiary/aromatic N) is 2. The quantitative estimate of drug-likeness (QED) is 0.520. The van der Waals surface area contributed by atoms with E-state index in [9.17, 15) is 0 Å². The van der Waals surface area contributed by atoms with Crippen LogP contribution in [-0.2, 0) is 5.88 Å². The summed E-state index contributed by atoms with van der Waals surface area (Å²) in [4.78, 5) is 7.18. The van der Waals surface area contributed by atoms with Crippen molar-refractivity contribution >= 4 is 28.8 Å². The minimum absolute atomic E-state index is 0.314. The summed E-state index contributed by atoms with van der Waals surface area (Å²) in [5, 5.41) is 0. The van der Waals surface area contributed by atoms with E-state index in [0.717, 1.165) is 23.5 Å². The number of benzene rings is 3. The highest BCUT2D eigenvalue weighted by molar-refractivity contribution is 6.17. The van der Waals surface area contributed by atoms with E-state index in [1.165, 1.54) is 11.3 Å². The van der Waals surface area contributed by atoms with Crippen LogP contribution in [0.2, 0.25) is 0 Å². The molecule has 124 valence electrons. The first-order chi connectivity index (χ1) is 12.3. The number of alkyl halides is 1. The average molecular weight is 347 g/mol. The molecule has 4 rings (SSSR count). The molecule has 0 aliphatic carbocycles. The van der Waals surface area contributed by atoms with Crippen molar-refractivity contribution in [1.82, 2.24) is 0 Å². The molecule has 1 aliphatic rings. The summed E-state index contributed by atoms with van der Waals surface area (Å²) in [7, 11) is 0. The van der Waals surface area contributed by atoms with Gasteiger partial charge in [0.15, 0.2) is 0 Å². The third kappa shape index (κ3) is 3.31. The van der Waals surface area contributed by atoms with Crippen molar-refractivity contribution in [2.24, 2.45) is 4.99 Å².